The molecule has 1 aliphatic heterocycles. The SMILES string of the molecule is CC[C@@H](CS(=O)(=O)CCCOCN1CCC(=O)NC1=O)c1ccc(F)c(OCC2CC2)c1. The van der Waals surface area contributed by atoms with E-state index in [1.165, 1.54) is 11.0 Å². The van der Waals surface area contributed by atoms with E-state index in [1.807, 2.05) is 6.92 Å². The van der Waals surface area contributed by atoms with E-state index in [0.29, 0.717) is 25.4 Å². The van der Waals surface area contributed by atoms with Crippen LogP contribution in [0.25, 0.3) is 0 Å². The maximum Gasteiger partial charge on any atom is 0.325 e. The maximum absolute atomic E-state index is 14.1. The quantitative estimate of drug-likeness (QED) is 0.445. The van der Waals surface area contributed by atoms with Gasteiger partial charge in [0.2, 0.25) is 5.91 Å². The molecule has 0 aromatic heterocycles. The zero-order chi connectivity index (χ0) is 23.1. The van der Waals surface area contributed by atoms with Gasteiger partial charge in [0.25, 0.3) is 0 Å². The summed E-state index contributed by atoms with van der Waals surface area (Å²) in [5.74, 6) is -0.397. The van der Waals surface area contributed by atoms with Gasteiger partial charge in [-0.15, -0.1) is 0 Å². The summed E-state index contributed by atoms with van der Waals surface area (Å²) in [6, 6.07) is 4.09. The molecule has 10 heteroatoms. The number of urea groups is 1. The lowest BCUT2D eigenvalue weighted by Crippen LogP contribution is -2.50. The Morgan fingerprint density at radius 2 is 2.06 bits per heavy atom. The summed E-state index contributed by atoms with van der Waals surface area (Å²) in [5, 5.41) is 2.20. The largest absolute Gasteiger partial charge is 0.490 e. The highest BCUT2D eigenvalue weighted by atomic mass is 32.2. The van der Waals surface area contributed by atoms with Gasteiger partial charge in [-0.25, -0.2) is 17.6 Å². The number of amides is 3. The van der Waals surface area contributed by atoms with Gasteiger partial charge in [-0.3, -0.25) is 10.1 Å². The minimum absolute atomic E-state index is 0.00988. The molecule has 1 heterocycles. The zero-order valence-electron chi connectivity index (χ0n) is 18.3. The van der Waals surface area contributed by atoms with Gasteiger partial charge in [0.1, 0.15) is 6.73 Å². The van der Waals surface area contributed by atoms with E-state index < -0.39 is 21.7 Å². The Morgan fingerprint density at radius 3 is 2.75 bits per heavy atom. The molecular weight excluding hydrogens is 439 g/mol. The monoisotopic (exact) mass is 470 g/mol. The minimum atomic E-state index is -3.36. The van der Waals surface area contributed by atoms with Crippen molar-refractivity contribution in [3.8, 4) is 5.75 Å². The molecule has 8 nitrogen and oxygen atoms in total. The fourth-order valence-electron chi connectivity index (χ4n) is 3.49. The summed E-state index contributed by atoms with van der Waals surface area (Å²) < 4.78 is 50.3. The van der Waals surface area contributed by atoms with Crippen LogP contribution < -0.4 is 10.1 Å². The van der Waals surface area contributed by atoms with Gasteiger partial charge in [-0.1, -0.05) is 13.0 Å². The summed E-state index contributed by atoms with van der Waals surface area (Å²) in [4.78, 5) is 24.1. The first-order chi connectivity index (χ1) is 15.3. The number of carbonyl (C=O) groups is 2. The van der Waals surface area contributed by atoms with E-state index in [0.717, 1.165) is 18.4 Å². The van der Waals surface area contributed by atoms with Crippen LogP contribution in [0.15, 0.2) is 18.2 Å². The normalized spacial score (nSPS) is 17.9. The second-order valence-corrected chi connectivity index (χ2v) is 10.7. The summed E-state index contributed by atoms with van der Waals surface area (Å²) in [6.45, 7) is 2.88. The van der Waals surface area contributed by atoms with Crippen molar-refractivity contribution in [1.82, 2.24) is 10.2 Å². The van der Waals surface area contributed by atoms with Crippen molar-refractivity contribution in [2.45, 2.75) is 44.9 Å². The number of hydrogen-bond acceptors (Lipinski definition) is 6. The molecule has 0 bridgehead atoms. The number of benzene rings is 1. The van der Waals surface area contributed by atoms with E-state index in [2.05, 4.69) is 5.32 Å². The molecule has 178 valence electrons. The van der Waals surface area contributed by atoms with Gasteiger partial charge in [0.15, 0.2) is 21.4 Å². The number of imide groups is 1. The third-order valence-electron chi connectivity index (χ3n) is 5.68. The molecule has 1 saturated heterocycles. The summed E-state index contributed by atoms with van der Waals surface area (Å²) in [5.41, 5.74) is 0.755. The van der Waals surface area contributed by atoms with Crippen LogP contribution in [0.1, 0.15) is 50.5 Å². The van der Waals surface area contributed by atoms with Gasteiger partial charge in [0, 0.05) is 19.6 Å². The van der Waals surface area contributed by atoms with Crippen LogP contribution in [0.3, 0.4) is 0 Å². The predicted molar refractivity (Wildman–Crippen MR) is 117 cm³/mol. The molecule has 1 aromatic rings. The number of rotatable bonds is 13. The van der Waals surface area contributed by atoms with E-state index in [4.69, 9.17) is 9.47 Å². The molecule has 2 aliphatic rings. The van der Waals surface area contributed by atoms with Crippen LogP contribution in [-0.4, -0.2) is 63.3 Å². The number of carbonyl (C=O) groups excluding carboxylic acids is 2. The van der Waals surface area contributed by atoms with E-state index in [-0.39, 0.29) is 55.4 Å². The van der Waals surface area contributed by atoms with Crippen LogP contribution in [0.5, 0.6) is 5.75 Å². The van der Waals surface area contributed by atoms with Crippen molar-refractivity contribution in [3.05, 3.63) is 29.6 Å². The van der Waals surface area contributed by atoms with Crippen LogP contribution in [0, 0.1) is 11.7 Å². The van der Waals surface area contributed by atoms with Crippen LogP contribution in [0.4, 0.5) is 9.18 Å². The summed E-state index contributed by atoms with van der Waals surface area (Å²) >= 11 is 0. The minimum Gasteiger partial charge on any atom is -0.490 e. The van der Waals surface area contributed by atoms with Crippen molar-refractivity contribution >= 4 is 21.8 Å². The van der Waals surface area contributed by atoms with Crippen molar-refractivity contribution in [1.29, 1.82) is 0 Å². The van der Waals surface area contributed by atoms with Crippen LogP contribution in [0.2, 0.25) is 0 Å². The second-order valence-electron chi connectivity index (χ2n) is 8.42. The third kappa shape index (κ3) is 7.44. The topological polar surface area (TPSA) is 102 Å². The molecule has 1 atom stereocenters. The van der Waals surface area contributed by atoms with Gasteiger partial charge >= 0.3 is 6.03 Å². The Bertz CT molecular complexity index is 919. The molecule has 32 heavy (non-hydrogen) atoms. The second kappa shape index (κ2) is 11.1. The Morgan fingerprint density at radius 1 is 1.28 bits per heavy atom. The van der Waals surface area contributed by atoms with Crippen molar-refractivity contribution in [3.63, 3.8) is 0 Å². The smallest absolute Gasteiger partial charge is 0.325 e. The molecule has 1 aromatic carbocycles. The number of halogens is 1. The molecule has 1 saturated carbocycles. The van der Waals surface area contributed by atoms with E-state index in [9.17, 15) is 22.4 Å². The fourth-order valence-corrected chi connectivity index (χ4v) is 5.26. The first-order valence-electron chi connectivity index (χ1n) is 11.1. The average Bonchev–Trinajstić information content (AvgIpc) is 3.57. The van der Waals surface area contributed by atoms with Gasteiger partial charge in [-0.05, 0) is 55.2 Å². The van der Waals surface area contributed by atoms with Gasteiger partial charge in [-0.2, -0.15) is 0 Å². The Labute approximate surface area is 188 Å². The maximum atomic E-state index is 14.1. The Kier molecular flexibility index (Phi) is 8.47. The molecule has 0 spiro atoms. The third-order valence-corrected chi connectivity index (χ3v) is 7.50. The number of sulfone groups is 1. The number of nitrogens with one attached hydrogen (secondary N) is 1. The highest BCUT2D eigenvalue weighted by Crippen LogP contribution is 2.32. The first-order valence-corrected chi connectivity index (χ1v) is 12.9. The van der Waals surface area contributed by atoms with Gasteiger partial charge in [0.05, 0.1) is 18.1 Å². The number of ether oxygens (including phenoxy) is 2. The predicted octanol–water partition coefficient (Wildman–Crippen LogP) is 2.83. The highest BCUT2D eigenvalue weighted by molar-refractivity contribution is 7.91. The molecule has 1 N–H and O–H groups in total. The molecule has 1 aliphatic carbocycles. The van der Waals surface area contributed by atoms with Crippen LogP contribution in [-0.2, 0) is 19.4 Å². The van der Waals surface area contributed by atoms with Crippen molar-refractivity contribution < 1.29 is 31.9 Å². The summed E-state index contributed by atoms with van der Waals surface area (Å²) in [7, 11) is -3.36. The Hall–Kier alpha value is -2.20. The molecule has 3 amide bonds. The molecule has 3 rings (SSSR count). The lowest BCUT2D eigenvalue weighted by atomic mass is 9.98. The summed E-state index contributed by atoms with van der Waals surface area (Å²) in [6.07, 6.45) is 3.33. The highest BCUT2D eigenvalue weighted by Gasteiger charge is 2.25. The number of hydrogen-bond donors (Lipinski definition) is 1. The Balaban J connectivity index is 1.45. The molecule has 0 unspecified atom stereocenters. The van der Waals surface area contributed by atoms with E-state index in [1.54, 1.807) is 12.1 Å². The zero-order valence-corrected chi connectivity index (χ0v) is 19.2. The molecular formula is C22H31FN2O6S. The molecule has 2 fully saturated rings. The van der Waals surface area contributed by atoms with Crippen LogP contribution >= 0.6 is 0 Å². The molecule has 0 radical (unpaired) electrons. The van der Waals surface area contributed by atoms with Crippen molar-refractivity contribution in [2.75, 3.05) is 38.0 Å². The standard InChI is InChI=1S/C22H31FN2O6S/c1-2-17(18-6-7-19(23)20(12-18)31-13-16-4-5-16)14-32(28,29)11-3-10-30-15-25-9-8-21(26)24-22(25)27/h6-7,12,16-17H,2-5,8-11,13-15H2,1H3,(H,24,26,27)/t17-/m0/s1. The lowest BCUT2D eigenvalue weighted by molar-refractivity contribution is -0.122. The van der Waals surface area contributed by atoms with E-state index >= 15 is 0 Å². The first kappa shape index (κ1) is 24.4. The van der Waals surface area contributed by atoms with Gasteiger partial charge < -0.3 is 14.4 Å². The number of nitrogens with zero attached hydrogens (tertiary/aromatic N) is 1. The fraction of sp³-hybridized carbons (Fsp3) is 0.636. The average molecular weight is 471 g/mol. The lowest BCUT2D eigenvalue weighted by Gasteiger charge is -2.26. The van der Waals surface area contributed by atoms with Crippen molar-refractivity contribution in [2.24, 2.45) is 5.92 Å².